The van der Waals surface area contributed by atoms with Crippen molar-refractivity contribution in [1.82, 2.24) is 5.32 Å². The van der Waals surface area contributed by atoms with Crippen LogP contribution in [0.1, 0.15) is 6.42 Å². The highest BCUT2D eigenvalue weighted by Crippen LogP contribution is 2.27. The molecule has 2 N–H and O–H groups in total. The van der Waals surface area contributed by atoms with Gasteiger partial charge in [0.05, 0.1) is 5.75 Å². The van der Waals surface area contributed by atoms with Gasteiger partial charge in [0, 0.05) is 30.2 Å². The Hall–Kier alpha value is -2.14. The van der Waals surface area contributed by atoms with E-state index in [2.05, 4.69) is 34.5 Å². The zero-order chi connectivity index (χ0) is 16.8. The number of thioether (sulfide) groups is 1. The molecule has 0 aromatic heterocycles. The number of anilines is 1. The minimum atomic E-state index is 0.0152. The molecule has 126 valence electrons. The summed E-state index contributed by atoms with van der Waals surface area (Å²) in [5.74, 6) is 1.06. The van der Waals surface area contributed by atoms with E-state index in [4.69, 9.17) is 0 Å². The number of hydrogen-bond acceptors (Lipinski definition) is 4. The van der Waals surface area contributed by atoms with Crippen LogP contribution < -0.4 is 10.2 Å². The molecule has 3 rings (SSSR count). The van der Waals surface area contributed by atoms with Crippen molar-refractivity contribution < 1.29 is 9.90 Å². The third-order valence-electron chi connectivity index (χ3n) is 4.22. The summed E-state index contributed by atoms with van der Waals surface area (Å²) in [5.41, 5.74) is 1.25. The fraction of sp³-hybridized carbons (Fsp3) is 0.316. The highest BCUT2D eigenvalue weighted by molar-refractivity contribution is 8.00. The SMILES string of the molecule is O=C(CSc1ccccc1O)NC[C@@H]1CCN(c2ccccc2)C1. The normalized spacial score (nSPS) is 17.0. The summed E-state index contributed by atoms with van der Waals surface area (Å²) >= 11 is 1.36. The summed E-state index contributed by atoms with van der Waals surface area (Å²) < 4.78 is 0. The third-order valence-corrected chi connectivity index (χ3v) is 5.28. The van der Waals surface area contributed by atoms with Crippen LogP contribution in [0.15, 0.2) is 59.5 Å². The quantitative estimate of drug-likeness (QED) is 0.792. The summed E-state index contributed by atoms with van der Waals surface area (Å²) in [5, 5.41) is 12.7. The molecule has 1 aliphatic rings. The molecule has 2 aromatic rings. The lowest BCUT2D eigenvalue weighted by Gasteiger charge is -2.18. The predicted molar refractivity (Wildman–Crippen MR) is 98.6 cm³/mol. The monoisotopic (exact) mass is 342 g/mol. The summed E-state index contributed by atoms with van der Waals surface area (Å²) in [7, 11) is 0. The topological polar surface area (TPSA) is 52.6 Å². The number of para-hydroxylation sites is 2. The van der Waals surface area contributed by atoms with Gasteiger partial charge in [-0.25, -0.2) is 0 Å². The Morgan fingerprint density at radius 3 is 2.71 bits per heavy atom. The second-order valence-electron chi connectivity index (χ2n) is 6.00. The molecule has 1 amide bonds. The fourth-order valence-corrected chi connectivity index (χ4v) is 3.68. The number of aromatic hydroxyl groups is 1. The number of nitrogens with zero attached hydrogens (tertiary/aromatic N) is 1. The number of rotatable bonds is 6. The van der Waals surface area contributed by atoms with Gasteiger partial charge < -0.3 is 15.3 Å². The molecule has 0 radical (unpaired) electrons. The van der Waals surface area contributed by atoms with Gasteiger partial charge in [-0.1, -0.05) is 30.3 Å². The first kappa shape index (κ1) is 16.7. The minimum Gasteiger partial charge on any atom is -0.507 e. The molecule has 1 saturated heterocycles. The molecular formula is C19H22N2O2S. The molecule has 0 spiro atoms. The molecule has 5 heteroatoms. The number of carbonyl (C=O) groups is 1. The van der Waals surface area contributed by atoms with Crippen molar-refractivity contribution in [3.63, 3.8) is 0 Å². The first-order valence-corrected chi connectivity index (χ1v) is 9.18. The van der Waals surface area contributed by atoms with Gasteiger partial charge >= 0.3 is 0 Å². The maximum Gasteiger partial charge on any atom is 0.230 e. The number of carbonyl (C=O) groups excluding carboxylic acids is 1. The Kier molecular flexibility index (Phi) is 5.64. The van der Waals surface area contributed by atoms with Crippen LogP contribution in [-0.4, -0.2) is 36.4 Å². The number of nitrogens with one attached hydrogen (secondary N) is 1. The van der Waals surface area contributed by atoms with Gasteiger partial charge in [-0.05, 0) is 36.6 Å². The summed E-state index contributed by atoms with van der Waals surface area (Å²) in [6, 6.07) is 17.5. The Balaban J connectivity index is 1.40. The lowest BCUT2D eigenvalue weighted by Crippen LogP contribution is -2.32. The highest BCUT2D eigenvalue weighted by atomic mass is 32.2. The Morgan fingerprint density at radius 1 is 1.17 bits per heavy atom. The number of phenols is 1. The van der Waals surface area contributed by atoms with Gasteiger partial charge in [0.15, 0.2) is 0 Å². The lowest BCUT2D eigenvalue weighted by atomic mass is 10.1. The van der Waals surface area contributed by atoms with Crippen LogP contribution in [-0.2, 0) is 4.79 Å². The van der Waals surface area contributed by atoms with Crippen molar-refractivity contribution in [3.05, 3.63) is 54.6 Å². The van der Waals surface area contributed by atoms with Crippen molar-refractivity contribution in [3.8, 4) is 5.75 Å². The smallest absolute Gasteiger partial charge is 0.230 e. The second kappa shape index (κ2) is 8.11. The first-order valence-electron chi connectivity index (χ1n) is 8.20. The highest BCUT2D eigenvalue weighted by Gasteiger charge is 2.22. The first-order chi connectivity index (χ1) is 11.7. The standard InChI is InChI=1S/C19H22N2O2S/c22-17-8-4-5-9-18(17)24-14-19(23)20-12-15-10-11-21(13-15)16-6-2-1-3-7-16/h1-9,15,22H,10-14H2,(H,20,23)/t15-/m0/s1. The zero-order valence-corrected chi connectivity index (χ0v) is 14.3. The molecule has 1 aliphatic heterocycles. The maximum atomic E-state index is 12.0. The van der Waals surface area contributed by atoms with Crippen molar-refractivity contribution in [2.75, 3.05) is 30.3 Å². The van der Waals surface area contributed by atoms with E-state index in [1.807, 2.05) is 18.2 Å². The van der Waals surface area contributed by atoms with E-state index < -0.39 is 0 Å². The Bertz CT molecular complexity index is 678. The van der Waals surface area contributed by atoms with Gasteiger partial charge in [0.1, 0.15) is 5.75 Å². The van der Waals surface area contributed by atoms with E-state index in [0.717, 1.165) is 24.4 Å². The van der Waals surface area contributed by atoms with Crippen molar-refractivity contribution in [2.45, 2.75) is 11.3 Å². The van der Waals surface area contributed by atoms with E-state index >= 15 is 0 Å². The fourth-order valence-electron chi connectivity index (χ4n) is 2.90. The van der Waals surface area contributed by atoms with E-state index in [1.165, 1.54) is 17.4 Å². The largest absolute Gasteiger partial charge is 0.507 e. The number of hydrogen-bond donors (Lipinski definition) is 2. The number of amides is 1. The van der Waals surface area contributed by atoms with Gasteiger partial charge in [-0.2, -0.15) is 0 Å². The van der Waals surface area contributed by atoms with E-state index in [1.54, 1.807) is 12.1 Å². The molecule has 4 nitrogen and oxygen atoms in total. The zero-order valence-electron chi connectivity index (χ0n) is 13.5. The molecule has 0 bridgehead atoms. The molecule has 1 fully saturated rings. The van der Waals surface area contributed by atoms with E-state index in [9.17, 15) is 9.90 Å². The van der Waals surface area contributed by atoms with Crippen LogP contribution in [0.5, 0.6) is 5.75 Å². The van der Waals surface area contributed by atoms with Crippen LogP contribution in [0.3, 0.4) is 0 Å². The third kappa shape index (κ3) is 4.45. The summed E-state index contributed by atoms with van der Waals surface area (Å²) in [6.07, 6.45) is 1.10. The summed E-state index contributed by atoms with van der Waals surface area (Å²) in [6.45, 7) is 2.73. The molecular weight excluding hydrogens is 320 g/mol. The van der Waals surface area contributed by atoms with Gasteiger partial charge in [0.2, 0.25) is 5.91 Å². The molecule has 0 saturated carbocycles. The molecule has 24 heavy (non-hydrogen) atoms. The van der Waals surface area contributed by atoms with Crippen molar-refractivity contribution in [1.29, 1.82) is 0 Å². The van der Waals surface area contributed by atoms with Crippen LogP contribution in [0.2, 0.25) is 0 Å². The van der Waals surface area contributed by atoms with Crippen LogP contribution in [0, 0.1) is 5.92 Å². The van der Waals surface area contributed by atoms with E-state index in [-0.39, 0.29) is 11.7 Å². The van der Waals surface area contributed by atoms with Gasteiger partial charge in [-0.3, -0.25) is 4.79 Å². The Labute approximate surface area is 146 Å². The van der Waals surface area contributed by atoms with Crippen LogP contribution >= 0.6 is 11.8 Å². The average molecular weight is 342 g/mol. The predicted octanol–water partition coefficient (Wildman–Crippen LogP) is 3.13. The summed E-state index contributed by atoms with van der Waals surface area (Å²) in [4.78, 5) is 15.1. The van der Waals surface area contributed by atoms with Crippen molar-refractivity contribution in [2.24, 2.45) is 5.92 Å². The number of benzene rings is 2. The average Bonchev–Trinajstić information content (AvgIpc) is 3.09. The Morgan fingerprint density at radius 2 is 1.92 bits per heavy atom. The van der Waals surface area contributed by atoms with Crippen LogP contribution in [0.4, 0.5) is 5.69 Å². The second-order valence-corrected chi connectivity index (χ2v) is 7.01. The molecule has 0 aliphatic carbocycles. The minimum absolute atomic E-state index is 0.0152. The molecule has 2 aromatic carbocycles. The van der Waals surface area contributed by atoms with Crippen molar-refractivity contribution >= 4 is 23.4 Å². The van der Waals surface area contributed by atoms with Gasteiger partial charge in [0.25, 0.3) is 0 Å². The molecule has 1 heterocycles. The molecule has 0 unspecified atom stereocenters. The van der Waals surface area contributed by atoms with E-state index in [0.29, 0.717) is 18.2 Å². The van der Waals surface area contributed by atoms with Gasteiger partial charge in [-0.15, -0.1) is 11.8 Å². The molecule has 1 atom stereocenters. The van der Waals surface area contributed by atoms with Crippen LogP contribution in [0.25, 0.3) is 0 Å². The lowest BCUT2D eigenvalue weighted by molar-refractivity contribution is -0.118. The maximum absolute atomic E-state index is 12.0. The number of phenolic OH excluding ortho intramolecular Hbond substituents is 1.